The van der Waals surface area contributed by atoms with Crippen LogP contribution in [0.5, 0.6) is 0 Å². The monoisotopic (exact) mass is 275 g/mol. The standard InChI is InChI=1S/C18H29NO/c1-5-20-18-10-15(11-18)9-17(19-4)12-16-8-13(2)6-7-14(16)3/h6-8,15,17-19H,5,9-12H2,1-4H3. The molecule has 20 heavy (non-hydrogen) atoms. The summed E-state index contributed by atoms with van der Waals surface area (Å²) in [5.41, 5.74) is 4.27. The van der Waals surface area contributed by atoms with E-state index in [-0.39, 0.29) is 0 Å². The molecule has 1 atom stereocenters. The summed E-state index contributed by atoms with van der Waals surface area (Å²) in [5, 5.41) is 3.50. The predicted octanol–water partition coefficient (Wildman–Crippen LogP) is 3.64. The lowest BCUT2D eigenvalue weighted by Gasteiger charge is -2.37. The van der Waals surface area contributed by atoms with Gasteiger partial charge in [0, 0.05) is 12.6 Å². The van der Waals surface area contributed by atoms with Crippen molar-refractivity contribution in [2.45, 2.75) is 58.6 Å². The van der Waals surface area contributed by atoms with E-state index in [0.717, 1.165) is 18.9 Å². The molecule has 2 heteroatoms. The van der Waals surface area contributed by atoms with E-state index in [2.05, 4.69) is 51.3 Å². The fourth-order valence-electron chi connectivity index (χ4n) is 3.23. The highest BCUT2D eigenvalue weighted by molar-refractivity contribution is 5.31. The summed E-state index contributed by atoms with van der Waals surface area (Å²) in [6.45, 7) is 7.34. The van der Waals surface area contributed by atoms with Gasteiger partial charge in [-0.15, -0.1) is 0 Å². The number of nitrogens with one attached hydrogen (secondary N) is 1. The molecule has 1 aliphatic carbocycles. The highest BCUT2D eigenvalue weighted by atomic mass is 16.5. The van der Waals surface area contributed by atoms with Gasteiger partial charge in [-0.25, -0.2) is 0 Å². The van der Waals surface area contributed by atoms with Crippen molar-refractivity contribution in [2.24, 2.45) is 5.92 Å². The maximum atomic E-state index is 5.66. The Labute approximate surface area is 123 Å². The minimum absolute atomic E-state index is 0.531. The molecule has 2 nitrogen and oxygen atoms in total. The van der Waals surface area contributed by atoms with Crippen LogP contribution in [0.1, 0.15) is 42.9 Å². The Morgan fingerprint density at radius 2 is 2.05 bits per heavy atom. The van der Waals surface area contributed by atoms with Gasteiger partial charge in [0.25, 0.3) is 0 Å². The highest BCUT2D eigenvalue weighted by Crippen LogP contribution is 2.34. The number of rotatable bonds is 7. The first-order chi connectivity index (χ1) is 9.62. The number of ether oxygens (including phenoxy) is 1. The van der Waals surface area contributed by atoms with Crippen LogP contribution in [0.4, 0.5) is 0 Å². The number of aryl methyl sites for hydroxylation is 2. The lowest BCUT2D eigenvalue weighted by atomic mass is 9.77. The van der Waals surface area contributed by atoms with Crippen molar-refractivity contribution in [1.29, 1.82) is 0 Å². The topological polar surface area (TPSA) is 21.3 Å². The maximum absolute atomic E-state index is 5.66. The van der Waals surface area contributed by atoms with Crippen LogP contribution >= 0.6 is 0 Å². The zero-order chi connectivity index (χ0) is 14.5. The van der Waals surface area contributed by atoms with Gasteiger partial charge >= 0.3 is 0 Å². The van der Waals surface area contributed by atoms with E-state index in [4.69, 9.17) is 4.74 Å². The number of hydrogen-bond donors (Lipinski definition) is 1. The van der Waals surface area contributed by atoms with E-state index in [0.29, 0.717) is 12.1 Å². The van der Waals surface area contributed by atoms with Crippen LogP contribution < -0.4 is 5.32 Å². The van der Waals surface area contributed by atoms with Crippen molar-refractivity contribution in [3.8, 4) is 0 Å². The second-order valence-electron chi connectivity index (χ2n) is 6.27. The molecule has 1 N–H and O–H groups in total. The summed E-state index contributed by atoms with van der Waals surface area (Å²) < 4.78 is 5.66. The van der Waals surface area contributed by atoms with E-state index < -0.39 is 0 Å². The molecule has 0 radical (unpaired) electrons. The van der Waals surface area contributed by atoms with Gasteiger partial charge in [0.1, 0.15) is 0 Å². The second kappa shape index (κ2) is 7.24. The summed E-state index contributed by atoms with van der Waals surface area (Å²) in [6, 6.07) is 7.37. The van der Waals surface area contributed by atoms with Crippen molar-refractivity contribution in [3.63, 3.8) is 0 Å². The summed E-state index contributed by atoms with van der Waals surface area (Å²) in [5.74, 6) is 0.842. The van der Waals surface area contributed by atoms with Crippen molar-refractivity contribution >= 4 is 0 Å². The molecular formula is C18H29NO. The van der Waals surface area contributed by atoms with Gasteiger partial charge in [-0.1, -0.05) is 23.8 Å². The van der Waals surface area contributed by atoms with Gasteiger partial charge in [-0.2, -0.15) is 0 Å². The molecule has 1 aliphatic rings. The minimum Gasteiger partial charge on any atom is -0.378 e. The molecule has 0 bridgehead atoms. The average Bonchev–Trinajstić information content (AvgIpc) is 2.39. The number of hydrogen-bond acceptors (Lipinski definition) is 2. The van der Waals surface area contributed by atoms with Crippen LogP contribution in [0.2, 0.25) is 0 Å². The van der Waals surface area contributed by atoms with E-state index in [1.165, 1.54) is 36.0 Å². The Morgan fingerprint density at radius 1 is 1.30 bits per heavy atom. The van der Waals surface area contributed by atoms with Gasteiger partial charge in [0.05, 0.1) is 6.10 Å². The quantitative estimate of drug-likeness (QED) is 0.820. The van der Waals surface area contributed by atoms with Gasteiger partial charge in [-0.05, 0) is 70.5 Å². The SMILES string of the molecule is CCOC1CC(CC(Cc2cc(C)ccc2C)NC)C1. The molecule has 112 valence electrons. The van der Waals surface area contributed by atoms with Crippen molar-refractivity contribution in [3.05, 3.63) is 34.9 Å². The van der Waals surface area contributed by atoms with E-state index in [1.807, 2.05) is 0 Å². The Bertz CT molecular complexity index is 423. The average molecular weight is 275 g/mol. The first-order valence-corrected chi connectivity index (χ1v) is 7.97. The van der Waals surface area contributed by atoms with Crippen LogP contribution in [0, 0.1) is 19.8 Å². The van der Waals surface area contributed by atoms with Gasteiger partial charge in [0.15, 0.2) is 0 Å². The molecule has 0 spiro atoms. The van der Waals surface area contributed by atoms with E-state index >= 15 is 0 Å². The Hall–Kier alpha value is -0.860. The Balaban J connectivity index is 1.85. The lowest BCUT2D eigenvalue weighted by molar-refractivity contribution is -0.0288. The third kappa shape index (κ3) is 4.07. The molecule has 2 rings (SSSR count). The van der Waals surface area contributed by atoms with Crippen LogP contribution in [0.25, 0.3) is 0 Å². The van der Waals surface area contributed by atoms with Crippen molar-refractivity contribution < 1.29 is 4.74 Å². The third-order valence-corrected chi connectivity index (χ3v) is 4.59. The van der Waals surface area contributed by atoms with Crippen LogP contribution in [0.3, 0.4) is 0 Å². The van der Waals surface area contributed by atoms with Crippen molar-refractivity contribution in [2.75, 3.05) is 13.7 Å². The first-order valence-electron chi connectivity index (χ1n) is 7.97. The maximum Gasteiger partial charge on any atom is 0.0580 e. The normalized spacial score (nSPS) is 23.4. The van der Waals surface area contributed by atoms with Gasteiger partial charge in [-0.3, -0.25) is 0 Å². The molecule has 0 aromatic heterocycles. The second-order valence-corrected chi connectivity index (χ2v) is 6.27. The molecule has 1 unspecified atom stereocenters. The molecule has 0 aliphatic heterocycles. The predicted molar refractivity (Wildman–Crippen MR) is 85.2 cm³/mol. The minimum atomic E-state index is 0.531. The van der Waals surface area contributed by atoms with Crippen molar-refractivity contribution in [1.82, 2.24) is 5.32 Å². The zero-order valence-corrected chi connectivity index (χ0v) is 13.4. The highest BCUT2D eigenvalue weighted by Gasteiger charge is 2.31. The molecule has 0 saturated heterocycles. The van der Waals surface area contributed by atoms with Crippen LogP contribution in [-0.4, -0.2) is 25.8 Å². The molecule has 0 amide bonds. The summed E-state index contributed by atoms with van der Waals surface area (Å²) in [4.78, 5) is 0. The molecular weight excluding hydrogens is 246 g/mol. The molecule has 1 saturated carbocycles. The molecule has 0 heterocycles. The van der Waals surface area contributed by atoms with E-state index in [9.17, 15) is 0 Å². The fraction of sp³-hybridized carbons (Fsp3) is 0.667. The van der Waals surface area contributed by atoms with Crippen LogP contribution in [0.15, 0.2) is 18.2 Å². The number of likely N-dealkylation sites (N-methyl/N-ethyl adjacent to an activating group) is 1. The number of benzene rings is 1. The lowest BCUT2D eigenvalue weighted by Crippen LogP contribution is -2.38. The Morgan fingerprint density at radius 3 is 2.70 bits per heavy atom. The third-order valence-electron chi connectivity index (χ3n) is 4.59. The smallest absolute Gasteiger partial charge is 0.0580 e. The van der Waals surface area contributed by atoms with E-state index in [1.54, 1.807) is 0 Å². The summed E-state index contributed by atoms with van der Waals surface area (Å²) >= 11 is 0. The largest absolute Gasteiger partial charge is 0.378 e. The zero-order valence-electron chi connectivity index (χ0n) is 13.4. The summed E-state index contributed by atoms with van der Waals surface area (Å²) in [7, 11) is 2.09. The van der Waals surface area contributed by atoms with Crippen LogP contribution in [-0.2, 0) is 11.2 Å². The molecule has 1 aromatic carbocycles. The Kier molecular flexibility index (Phi) is 5.62. The van der Waals surface area contributed by atoms with Gasteiger partial charge in [0.2, 0.25) is 0 Å². The van der Waals surface area contributed by atoms with Gasteiger partial charge < -0.3 is 10.1 Å². The fourth-order valence-corrected chi connectivity index (χ4v) is 3.23. The molecule has 1 fully saturated rings. The molecule has 1 aromatic rings. The first kappa shape index (κ1) is 15.5. The summed E-state index contributed by atoms with van der Waals surface area (Å²) in [6.07, 6.45) is 5.44.